The minimum absolute atomic E-state index is 0. The molecule has 1 unspecified atom stereocenters. The van der Waals surface area contributed by atoms with Crippen LogP contribution in [0.2, 0.25) is 0 Å². The lowest BCUT2D eigenvalue weighted by molar-refractivity contribution is 0.0888. The number of hydrogen-bond donors (Lipinski definition) is 2. The predicted molar refractivity (Wildman–Crippen MR) is 124 cm³/mol. The van der Waals surface area contributed by atoms with E-state index < -0.39 is 0 Å². The fraction of sp³-hybridized carbons (Fsp3) is 0.667. The number of unbranched alkanes of at least 4 members (excludes halogenated alkanes) is 1. The monoisotopic (exact) mass is 505 g/mol. The molecule has 0 saturated carbocycles. The lowest BCUT2D eigenvalue weighted by atomic mass is 10.1. The maximum absolute atomic E-state index is 5.71. The quantitative estimate of drug-likeness (QED) is 0.187. The molecule has 0 amide bonds. The Morgan fingerprint density at radius 1 is 1.07 bits per heavy atom. The van der Waals surface area contributed by atoms with Gasteiger partial charge in [0.05, 0.1) is 19.8 Å². The number of hydrogen-bond acceptors (Lipinski definition) is 4. The van der Waals surface area contributed by atoms with Crippen LogP contribution < -0.4 is 10.6 Å². The van der Waals surface area contributed by atoms with Crippen molar-refractivity contribution < 1.29 is 14.2 Å². The molecule has 28 heavy (non-hydrogen) atoms. The van der Waals surface area contributed by atoms with E-state index in [0.29, 0.717) is 12.5 Å². The SMILES string of the molecule is CN=C(NCCCCOCc1ccccc1)NCCCOCC1CCOC1.I. The van der Waals surface area contributed by atoms with Gasteiger partial charge in [-0.05, 0) is 31.2 Å². The molecule has 0 radical (unpaired) electrons. The Hall–Kier alpha value is -0.900. The molecule has 0 spiro atoms. The van der Waals surface area contributed by atoms with E-state index in [0.717, 1.165) is 77.8 Å². The molecule has 1 atom stereocenters. The maximum Gasteiger partial charge on any atom is 0.190 e. The van der Waals surface area contributed by atoms with Crippen LogP contribution in [-0.4, -0.2) is 59.1 Å². The fourth-order valence-corrected chi connectivity index (χ4v) is 2.87. The second-order valence-corrected chi connectivity index (χ2v) is 6.83. The van der Waals surface area contributed by atoms with Crippen molar-refractivity contribution in [1.29, 1.82) is 0 Å². The standard InChI is InChI=1S/C21H35N3O3.HI/c1-22-21(24-12-7-14-26-17-20-10-15-27-18-20)23-11-5-6-13-25-16-19-8-3-2-4-9-19;/h2-4,8-9,20H,5-7,10-18H2,1H3,(H2,22,23,24);1H. The molecule has 0 aliphatic carbocycles. The highest BCUT2D eigenvalue weighted by molar-refractivity contribution is 14.0. The average molecular weight is 505 g/mol. The van der Waals surface area contributed by atoms with Crippen molar-refractivity contribution in [3.63, 3.8) is 0 Å². The molecule has 0 aromatic heterocycles. The Balaban J connectivity index is 0.00000392. The first-order valence-electron chi connectivity index (χ1n) is 10.1. The van der Waals surface area contributed by atoms with Gasteiger partial charge in [0.2, 0.25) is 0 Å². The van der Waals surface area contributed by atoms with Crippen molar-refractivity contribution in [2.24, 2.45) is 10.9 Å². The number of ether oxygens (including phenoxy) is 3. The fourth-order valence-electron chi connectivity index (χ4n) is 2.87. The molecule has 2 rings (SSSR count). The Bertz CT molecular complexity index is 511. The molecule has 1 aliphatic heterocycles. The van der Waals surface area contributed by atoms with Crippen molar-refractivity contribution in [1.82, 2.24) is 10.6 Å². The third-order valence-electron chi connectivity index (χ3n) is 4.48. The van der Waals surface area contributed by atoms with E-state index in [1.54, 1.807) is 7.05 Å². The van der Waals surface area contributed by atoms with E-state index in [4.69, 9.17) is 14.2 Å². The first kappa shape index (κ1) is 25.1. The molecule has 7 heteroatoms. The van der Waals surface area contributed by atoms with Crippen LogP contribution in [0.3, 0.4) is 0 Å². The van der Waals surface area contributed by atoms with E-state index in [2.05, 4.69) is 27.8 Å². The van der Waals surface area contributed by atoms with Crippen LogP contribution in [0.1, 0.15) is 31.2 Å². The Morgan fingerprint density at radius 3 is 2.54 bits per heavy atom. The Morgan fingerprint density at radius 2 is 1.82 bits per heavy atom. The number of rotatable bonds is 13. The van der Waals surface area contributed by atoms with Crippen molar-refractivity contribution in [2.45, 2.75) is 32.3 Å². The summed E-state index contributed by atoms with van der Waals surface area (Å²) in [5.74, 6) is 1.44. The van der Waals surface area contributed by atoms with Gasteiger partial charge in [-0.3, -0.25) is 4.99 Å². The molecule has 1 saturated heterocycles. The average Bonchev–Trinajstić information content (AvgIpc) is 3.22. The normalized spacial score (nSPS) is 16.6. The van der Waals surface area contributed by atoms with Gasteiger partial charge in [-0.25, -0.2) is 0 Å². The summed E-state index contributed by atoms with van der Waals surface area (Å²) in [6.07, 6.45) is 4.20. The molecule has 1 fully saturated rings. The maximum atomic E-state index is 5.71. The summed E-state index contributed by atoms with van der Waals surface area (Å²) in [6.45, 7) is 6.56. The van der Waals surface area contributed by atoms with Crippen LogP contribution >= 0.6 is 24.0 Å². The minimum Gasteiger partial charge on any atom is -0.381 e. The molecule has 6 nitrogen and oxygen atoms in total. The van der Waals surface area contributed by atoms with Crippen LogP contribution in [0.4, 0.5) is 0 Å². The van der Waals surface area contributed by atoms with E-state index >= 15 is 0 Å². The number of nitrogens with one attached hydrogen (secondary N) is 2. The van der Waals surface area contributed by atoms with Crippen molar-refractivity contribution in [3.8, 4) is 0 Å². The molecular formula is C21H36IN3O3. The summed E-state index contributed by atoms with van der Waals surface area (Å²) in [7, 11) is 1.80. The van der Waals surface area contributed by atoms with Gasteiger partial charge in [0.1, 0.15) is 0 Å². The molecule has 0 bridgehead atoms. The van der Waals surface area contributed by atoms with Gasteiger partial charge in [-0.1, -0.05) is 30.3 Å². The molecule has 2 N–H and O–H groups in total. The Kier molecular flexibility index (Phi) is 15.3. The molecular weight excluding hydrogens is 469 g/mol. The van der Waals surface area contributed by atoms with Crippen molar-refractivity contribution in [2.75, 3.05) is 53.2 Å². The molecule has 1 aromatic carbocycles. The van der Waals surface area contributed by atoms with Gasteiger partial charge in [0.15, 0.2) is 5.96 Å². The molecule has 160 valence electrons. The van der Waals surface area contributed by atoms with Crippen LogP contribution in [0.5, 0.6) is 0 Å². The summed E-state index contributed by atoms with van der Waals surface area (Å²) >= 11 is 0. The second kappa shape index (κ2) is 17.0. The zero-order chi connectivity index (χ0) is 19.0. The first-order chi connectivity index (χ1) is 13.4. The number of nitrogens with zero attached hydrogens (tertiary/aromatic N) is 1. The van der Waals surface area contributed by atoms with E-state index in [1.807, 2.05) is 18.2 Å². The topological polar surface area (TPSA) is 64.1 Å². The van der Waals surface area contributed by atoms with Crippen LogP contribution in [0.25, 0.3) is 0 Å². The summed E-state index contributed by atoms with van der Waals surface area (Å²) in [6, 6.07) is 10.3. The second-order valence-electron chi connectivity index (χ2n) is 6.83. The van der Waals surface area contributed by atoms with Crippen LogP contribution in [-0.2, 0) is 20.8 Å². The van der Waals surface area contributed by atoms with Gasteiger partial charge in [-0.2, -0.15) is 0 Å². The smallest absolute Gasteiger partial charge is 0.190 e. The third kappa shape index (κ3) is 11.8. The van der Waals surface area contributed by atoms with E-state index in [9.17, 15) is 0 Å². The lowest BCUT2D eigenvalue weighted by Crippen LogP contribution is -2.38. The summed E-state index contributed by atoms with van der Waals surface area (Å²) in [5, 5.41) is 6.66. The highest BCUT2D eigenvalue weighted by Crippen LogP contribution is 2.12. The zero-order valence-electron chi connectivity index (χ0n) is 17.0. The van der Waals surface area contributed by atoms with Gasteiger partial charge in [0, 0.05) is 45.9 Å². The summed E-state index contributed by atoms with van der Waals surface area (Å²) < 4.78 is 16.7. The van der Waals surface area contributed by atoms with Crippen LogP contribution in [0.15, 0.2) is 35.3 Å². The van der Waals surface area contributed by atoms with Gasteiger partial charge >= 0.3 is 0 Å². The predicted octanol–water partition coefficient (Wildman–Crippen LogP) is 3.21. The van der Waals surface area contributed by atoms with Gasteiger partial charge < -0.3 is 24.8 Å². The molecule has 1 aliphatic rings. The number of guanidine groups is 1. The van der Waals surface area contributed by atoms with Crippen molar-refractivity contribution >= 4 is 29.9 Å². The summed E-state index contributed by atoms with van der Waals surface area (Å²) in [5.41, 5.74) is 1.22. The van der Waals surface area contributed by atoms with Gasteiger partial charge in [-0.15, -0.1) is 24.0 Å². The zero-order valence-corrected chi connectivity index (χ0v) is 19.4. The highest BCUT2D eigenvalue weighted by Gasteiger charge is 2.15. The number of benzene rings is 1. The molecule has 1 heterocycles. The van der Waals surface area contributed by atoms with Gasteiger partial charge in [0.25, 0.3) is 0 Å². The minimum atomic E-state index is 0. The van der Waals surface area contributed by atoms with E-state index in [-0.39, 0.29) is 24.0 Å². The first-order valence-corrected chi connectivity index (χ1v) is 10.1. The third-order valence-corrected chi connectivity index (χ3v) is 4.48. The highest BCUT2D eigenvalue weighted by atomic mass is 127. The largest absolute Gasteiger partial charge is 0.381 e. The van der Waals surface area contributed by atoms with Crippen LogP contribution in [0, 0.1) is 5.92 Å². The number of halogens is 1. The van der Waals surface area contributed by atoms with E-state index in [1.165, 1.54) is 5.56 Å². The lowest BCUT2D eigenvalue weighted by Gasteiger charge is -2.12. The Labute approximate surface area is 186 Å². The summed E-state index contributed by atoms with van der Waals surface area (Å²) in [4.78, 5) is 4.25. The number of aliphatic imine (C=N–C) groups is 1. The molecule has 1 aromatic rings. The van der Waals surface area contributed by atoms with Crippen molar-refractivity contribution in [3.05, 3.63) is 35.9 Å².